The van der Waals surface area contributed by atoms with Crippen molar-refractivity contribution in [2.75, 3.05) is 52.9 Å². The SMILES string of the molecule is CC(C)CN1CCOC(CNC(=O)CN(C)CC23CC4CC(CC(C4)C2)C3)C1. The van der Waals surface area contributed by atoms with Crippen molar-refractivity contribution in [3.8, 4) is 0 Å². The summed E-state index contributed by atoms with van der Waals surface area (Å²) in [5.74, 6) is 3.76. The summed E-state index contributed by atoms with van der Waals surface area (Å²) in [4.78, 5) is 17.3. The molecule has 0 aromatic carbocycles. The average molecular weight is 392 g/mol. The van der Waals surface area contributed by atoms with Crippen LogP contribution in [0.25, 0.3) is 0 Å². The molecule has 0 radical (unpaired) electrons. The second kappa shape index (κ2) is 8.61. The molecule has 4 bridgehead atoms. The third-order valence-corrected chi connectivity index (χ3v) is 7.56. The number of amides is 1. The molecular formula is C23H41N3O2. The van der Waals surface area contributed by atoms with E-state index in [0.717, 1.165) is 50.5 Å². The Morgan fingerprint density at radius 1 is 1.18 bits per heavy atom. The maximum Gasteiger partial charge on any atom is 0.234 e. The minimum absolute atomic E-state index is 0.130. The van der Waals surface area contributed by atoms with Crippen LogP contribution < -0.4 is 5.32 Å². The Balaban J connectivity index is 1.19. The summed E-state index contributed by atoms with van der Waals surface area (Å²) in [6.45, 7) is 10.6. The molecule has 0 aromatic rings. The number of hydrogen-bond acceptors (Lipinski definition) is 4. The number of likely N-dealkylation sites (N-methyl/N-ethyl adjacent to an activating group) is 1. The molecule has 1 N–H and O–H groups in total. The van der Waals surface area contributed by atoms with Crippen molar-refractivity contribution in [1.82, 2.24) is 15.1 Å². The lowest BCUT2D eigenvalue weighted by molar-refractivity contribution is -0.124. The van der Waals surface area contributed by atoms with Gasteiger partial charge < -0.3 is 10.1 Å². The molecule has 28 heavy (non-hydrogen) atoms. The molecular weight excluding hydrogens is 350 g/mol. The first-order chi connectivity index (χ1) is 13.4. The standard InChI is InChI=1S/C23H41N3O2/c1-17(2)13-26-4-5-28-21(14-26)12-24-22(27)15-25(3)16-23-9-18-6-19(10-23)8-20(7-18)11-23/h17-21H,4-16H2,1-3H3,(H,24,27). The Bertz CT molecular complexity index is 515. The number of rotatable bonds is 8. The van der Waals surface area contributed by atoms with Crippen LogP contribution in [-0.4, -0.2) is 74.7 Å². The number of morpholine rings is 1. The van der Waals surface area contributed by atoms with Crippen LogP contribution in [0.5, 0.6) is 0 Å². The average Bonchev–Trinajstić information content (AvgIpc) is 2.58. The predicted molar refractivity (Wildman–Crippen MR) is 112 cm³/mol. The van der Waals surface area contributed by atoms with E-state index in [1.54, 1.807) is 0 Å². The van der Waals surface area contributed by atoms with Gasteiger partial charge in [-0.25, -0.2) is 0 Å². The Morgan fingerprint density at radius 3 is 2.43 bits per heavy atom. The van der Waals surface area contributed by atoms with Gasteiger partial charge in [-0.1, -0.05) is 13.8 Å². The highest BCUT2D eigenvalue weighted by Gasteiger charge is 2.51. The number of hydrogen-bond donors (Lipinski definition) is 1. The number of carbonyl (C=O) groups excluding carboxylic acids is 1. The summed E-state index contributed by atoms with van der Waals surface area (Å²) in [5, 5.41) is 3.13. The van der Waals surface area contributed by atoms with Crippen LogP contribution in [0.15, 0.2) is 0 Å². The normalized spacial score (nSPS) is 37.8. The van der Waals surface area contributed by atoms with Gasteiger partial charge in [0.15, 0.2) is 0 Å². The van der Waals surface area contributed by atoms with Gasteiger partial charge in [-0.3, -0.25) is 14.6 Å². The molecule has 4 saturated carbocycles. The smallest absolute Gasteiger partial charge is 0.234 e. The summed E-state index contributed by atoms with van der Waals surface area (Å²) in [6.07, 6.45) is 8.81. The van der Waals surface area contributed by atoms with E-state index in [2.05, 4.69) is 36.0 Å². The lowest BCUT2D eigenvalue weighted by Gasteiger charge is -2.57. The van der Waals surface area contributed by atoms with Crippen LogP contribution in [0, 0.1) is 29.1 Å². The maximum atomic E-state index is 12.5. The van der Waals surface area contributed by atoms with E-state index < -0.39 is 0 Å². The van der Waals surface area contributed by atoms with Gasteiger partial charge in [-0.2, -0.15) is 0 Å². The fraction of sp³-hybridized carbons (Fsp3) is 0.957. The van der Waals surface area contributed by atoms with Crippen LogP contribution in [0.4, 0.5) is 0 Å². The minimum atomic E-state index is 0.130. The van der Waals surface area contributed by atoms with E-state index in [0.29, 0.717) is 24.4 Å². The molecule has 1 unspecified atom stereocenters. The Kier molecular flexibility index (Phi) is 6.34. The van der Waals surface area contributed by atoms with Crippen LogP contribution in [-0.2, 0) is 9.53 Å². The van der Waals surface area contributed by atoms with Crippen molar-refractivity contribution in [3.63, 3.8) is 0 Å². The van der Waals surface area contributed by atoms with Crippen molar-refractivity contribution in [2.24, 2.45) is 29.1 Å². The van der Waals surface area contributed by atoms with E-state index in [4.69, 9.17) is 4.74 Å². The zero-order chi connectivity index (χ0) is 19.7. The van der Waals surface area contributed by atoms with Gasteiger partial charge in [-0.05, 0) is 74.7 Å². The zero-order valence-electron chi connectivity index (χ0n) is 18.3. The first-order valence-corrected chi connectivity index (χ1v) is 11.7. The zero-order valence-corrected chi connectivity index (χ0v) is 18.3. The molecule has 5 aliphatic rings. The second-order valence-electron chi connectivity index (χ2n) is 11.0. The lowest BCUT2D eigenvalue weighted by Crippen LogP contribution is -2.52. The van der Waals surface area contributed by atoms with Gasteiger partial charge in [0.2, 0.25) is 5.91 Å². The van der Waals surface area contributed by atoms with Crippen molar-refractivity contribution in [1.29, 1.82) is 0 Å². The highest BCUT2D eigenvalue weighted by atomic mass is 16.5. The molecule has 1 heterocycles. The van der Waals surface area contributed by atoms with Crippen LogP contribution in [0.3, 0.4) is 0 Å². The molecule has 1 atom stereocenters. The molecule has 1 aliphatic heterocycles. The number of ether oxygens (including phenoxy) is 1. The first-order valence-electron chi connectivity index (χ1n) is 11.7. The van der Waals surface area contributed by atoms with Crippen molar-refractivity contribution >= 4 is 5.91 Å². The van der Waals surface area contributed by atoms with Gasteiger partial charge in [0.1, 0.15) is 0 Å². The Morgan fingerprint density at radius 2 is 1.82 bits per heavy atom. The second-order valence-corrected chi connectivity index (χ2v) is 11.0. The molecule has 1 saturated heterocycles. The third kappa shape index (κ3) is 5.09. The topological polar surface area (TPSA) is 44.8 Å². The van der Waals surface area contributed by atoms with Crippen molar-refractivity contribution < 1.29 is 9.53 Å². The van der Waals surface area contributed by atoms with Crippen LogP contribution in [0.1, 0.15) is 52.4 Å². The van der Waals surface area contributed by atoms with Crippen molar-refractivity contribution in [3.05, 3.63) is 0 Å². The molecule has 5 fully saturated rings. The number of nitrogens with zero attached hydrogens (tertiary/aromatic N) is 2. The number of nitrogens with one attached hydrogen (secondary N) is 1. The lowest BCUT2D eigenvalue weighted by atomic mass is 9.49. The monoisotopic (exact) mass is 391 g/mol. The summed E-state index contributed by atoms with van der Waals surface area (Å²) in [7, 11) is 2.14. The highest BCUT2D eigenvalue weighted by molar-refractivity contribution is 5.78. The number of carbonyl (C=O) groups is 1. The van der Waals surface area contributed by atoms with Crippen LogP contribution >= 0.6 is 0 Å². The summed E-state index contributed by atoms with van der Waals surface area (Å²) in [6, 6.07) is 0. The maximum absolute atomic E-state index is 12.5. The summed E-state index contributed by atoms with van der Waals surface area (Å²) >= 11 is 0. The van der Waals surface area contributed by atoms with Gasteiger partial charge in [0.05, 0.1) is 19.3 Å². The molecule has 4 aliphatic carbocycles. The largest absolute Gasteiger partial charge is 0.374 e. The van der Waals surface area contributed by atoms with Crippen LogP contribution in [0.2, 0.25) is 0 Å². The summed E-state index contributed by atoms with van der Waals surface area (Å²) < 4.78 is 5.87. The summed E-state index contributed by atoms with van der Waals surface area (Å²) in [5.41, 5.74) is 0.508. The highest BCUT2D eigenvalue weighted by Crippen LogP contribution is 2.60. The van der Waals surface area contributed by atoms with E-state index in [-0.39, 0.29) is 12.0 Å². The van der Waals surface area contributed by atoms with E-state index in [1.807, 2.05) is 0 Å². The van der Waals surface area contributed by atoms with E-state index in [9.17, 15) is 4.79 Å². The van der Waals surface area contributed by atoms with E-state index >= 15 is 0 Å². The van der Waals surface area contributed by atoms with Gasteiger partial charge in [-0.15, -0.1) is 0 Å². The molecule has 0 spiro atoms. The van der Waals surface area contributed by atoms with E-state index in [1.165, 1.54) is 38.5 Å². The molecule has 5 heteroatoms. The molecule has 0 aromatic heterocycles. The molecule has 5 rings (SSSR count). The van der Waals surface area contributed by atoms with Gasteiger partial charge >= 0.3 is 0 Å². The third-order valence-electron chi connectivity index (χ3n) is 7.56. The van der Waals surface area contributed by atoms with Gasteiger partial charge in [0.25, 0.3) is 0 Å². The fourth-order valence-electron chi connectivity index (χ4n) is 7.23. The Hall–Kier alpha value is -0.650. The fourth-order valence-corrected chi connectivity index (χ4v) is 7.23. The minimum Gasteiger partial charge on any atom is -0.374 e. The molecule has 1 amide bonds. The van der Waals surface area contributed by atoms with Gasteiger partial charge in [0, 0.05) is 32.7 Å². The quantitative estimate of drug-likeness (QED) is 0.691. The van der Waals surface area contributed by atoms with Crippen molar-refractivity contribution in [2.45, 2.75) is 58.5 Å². The first kappa shape index (κ1) is 20.6. The predicted octanol–water partition coefficient (Wildman–Crippen LogP) is 2.61. The molecule has 5 nitrogen and oxygen atoms in total. The Labute approximate surface area is 171 Å². The molecule has 160 valence electrons.